The van der Waals surface area contributed by atoms with Gasteiger partial charge in [-0.3, -0.25) is 9.78 Å². The minimum Gasteiger partial charge on any atom is -0.469 e. The van der Waals surface area contributed by atoms with Gasteiger partial charge in [0.25, 0.3) is 0 Å². The van der Waals surface area contributed by atoms with Crippen LogP contribution in [0.1, 0.15) is 43.7 Å². The van der Waals surface area contributed by atoms with E-state index in [9.17, 15) is 9.90 Å². The summed E-state index contributed by atoms with van der Waals surface area (Å²) in [7, 11) is -1.23. The van der Waals surface area contributed by atoms with E-state index >= 15 is 0 Å². The van der Waals surface area contributed by atoms with E-state index in [1.807, 2.05) is 41.2 Å². The van der Waals surface area contributed by atoms with Crippen molar-refractivity contribution in [3.63, 3.8) is 0 Å². The quantitative estimate of drug-likeness (QED) is 0.0516. The molecule has 5 rings (SSSR count). The minimum absolute atomic E-state index is 0.00878. The largest absolute Gasteiger partial charge is 0.469 e. The number of anilines is 1. The Kier molecular flexibility index (Phi) is 12.9. The molecule has 4 aromatic rings. The molecule has 1 saturated carbocycles. The molecule has 0 saturated heterocycles. The van der Waals surface area contributed by atoms with Crippen LogP contribution in [0, 0.1) is 0 Å². The summed E-state index contributed by atoms with van der Waals surface area (Å²) in [6.45, 7) is 16.1. The lowest BCUT2D eigenvalue weighted by atomic mass is 9.76. The number of esters is 1. The fourth-order valence-corrected chi connectivity index (χ4v) is 8.61. The van der Waals surface area contributed by atoms with Crippen molar-refractivity contribution in [1.82, 2.24) is 19.6 Å². The zero-order valence-corrected chi connectivity index (χ0v) is 34.8. The third-order valence-electron chi connectivity index (χ3n) is 9.53. The Balaban J connectivity index is 1.54. The summed E-state index contributed by atoms with van der Waals surface area (Å²) in [4.78, 5) is 24.3. The Labute approximate surface area is 313 Å². The van der Waals surface area contributed by atoms with E-state index < -0.39 is 27.7 Å². The van der Waals surface area contributed by atoms with Crippen LogP contribution in [0.15, 0.2) is 59.3 Å². The van der Waals surface area contributed by atoms with Gasteiger partial charge in [0, 0.05) is 58.2 Å². The Morgan fingerprint density at radius 1 is 0.941 bits per heavy atom. The van der Waals surface area contributed by atoms with Gasteiger partial charge < -0.3 is 24.2 Å². The highest BCUT2D eigenvalue weighted by Gasteiger charge is 2.38. The number of nitrogens with zero attached hydrogens (tertiary/aromatic N) is 5. The zero-order valence-electron chi connectivity index (χ0n) is 31.2. The summed E-state index contributed by atoms with van der Waals surface area (Å²) in [5.74, 6) is 0.463. The lowest BCUT2D eigenvalue weighted by molar-refractivity contribution is -0.147. The van der Waals surface area contributed by atoms with Crippen LogP contribution in [0.3, 0.4) is 0 Å². The molecule has 0 amide bonds. The van der Waals surface area contributed by atoms with Crippen molar-refractivity contribution < 1.29 is 24.1 Å². The third-order valence-corrected chi connectivity index (χ3v) is 13.7. The van der Waals surface area contributed by atoms with Gasteiger partial charge in [0.05, 0.1) is 41.2 Å². The monoisotopic (exact) mass is 795 g/mol. The number of benzene rings is 1. The molecule has 13 heteroatoms. The van der Waals surface area contributed by atoms with Crippen LogP contribution in [0.2, 0.25) is 51.4 Å². The van der Waals surface area contributed by atoms with Crippen molar-refractivity contribution in [3.05, 3.63) is 65.0 Å². The first-order valence-electron chi connectivity index (χ1n) is 17.9. The van der Waals surface area contributed by atoms with E-state index in [4.69, 9.17) is 29.3 Å². The number of hydrogen-bond donors (Lipinski definition) is 1. The predicted molar refractivity (Wildman–Crippen MR) is 213 cm³/mol. The molecular weight excluding hydrogens is 743 g/mol. The molecule has 0 atom stereocenters. The van der Waals surface area contributed by atoms with Gasteiger partial charge in [0.2, 0.25) is 0 Å². The maximum atomic E-state index is 12.1. The molecule has 0 unspecified atom stereocenters. The Morgan fingerprint density at radius 3 is 2.12 bits per heavy atom. The zero-order chi connectivity index (χ0) is 36.8. The minimum atomic E-state index is -1.29. The number of aliphatic hydroxyl groups is 1. The number of halogens is 1. The molecule has 1 aromatic carbocycles. The molecule has 3 aromatic heterocycles. The molecular formula is C38H54BrN5O5Si2. The molecule has 10 nitrogen and oxygen atoms in total. The average molecular weight is 797 g/mol. The highest BCUT2D eigenvalue weighted by atomic mass is 79.9. The van der Waals surface area contributed by atoms with E-state index in [-0.39, 0.29) is 12.3 Å². The summed E-state index contributed by atoms with van der Waals surface area (Å²) in [6.07, 6.45) is 6.02. The standard InChI is InChI=1S/C38H54BrN5O5Si2/c1-47-33(45)23-38(46)17-15-29(16-18-38)35-34(39)37(43(26-48-19-21-50(2,3)4)27-49-20-22-51(5,6)7)44-36(42-35)31(25-41-44)30-13-14-32(40-24-30)28-11-9-8-10-12-28/h8-14,24-25,29,46H,15-23,26-27H2,1-7H3/t29-,38+. The molecule has 1 N–H and O–H groups in total. The van der Waals surface area contributed by atoms with Crippen molar-refractivity contribution in [2.24, 2.45) is 0 Å². The molecule has 1 aliphatic rings. The molecule has 1 fully saturated rings. The fourth-order valence-electron chi connectivity index (χ4n) is 6.27. The van der Waals surface area contributed by atoms with E-state index in [0.717, 1.165) is 50.5 Å². The lowest BCUT2D eigenvalue weighted by Gasteiger charge is -2.36. The molecule has 0 radical (unpaired) electrons. The van der Waals surface area contributed by atoms with Crippen LogP contribution in [-0.2, 0) is 19.0 Å². The van der Waals surface area contributed by atoms with E-state index in [1.54, 1.807) is 0 Å². The number of pyridine rings is 1. The van der Waals surface area contributed by atoms with Gasteiger partial charge in [-0.15, -0.1) is 0 Å². The molecule has 51 heavy (non-hydrogen) atoms. The highest BCUT2D eigenvalue weighted by Crippen LogP contribution is 2.44. The Morgan fingerprint density at radius 2 is 1.57 bits per heavy atom. The summed E-state index contributed by atoms with van der Waals surface area (Å²) in [5.41, 5.74) is 4.25. The van der Waals surface area contributed by atoms with E-state index in [0.29, 0.717) is 58.0 Å². The van der Waals surface area contributed by atoms with Gasteiger partial charge in [0.15, 0.2) is 11.5 Å². The smallest absolute Gasteiger partial charge is 0.308 e. The van der Waals surface area contributed by atoms with Crippen molar-refractivity contribution >= 4 is 49.5 Å². The van der Waals surface area contributed by atoms with Crippen LogP contribution >= 0.6 is 15.9 Å². The topological polar surface area (TPSA) is 111 Å². The highest BCUT2D eigenvalue weighted by molar-refractivity contribution is 9.10. The summed E-state index contributed by atoms with van der Waals surface area (Å²) in [5, 5.41) is 16.2. The van der Waals surface area contributed by atoms with Crippen LogP contribution in [0.5, 0.6) is 0 Å². The SMILES string of the molecule is COC(=O)C[C@]1(O)CC[C@@H](c2nc3c(-c4ccc(-c5ccccc5)nc4)cnn3c(N(COCC[Si](C)(C)C)COCC[Si](C)(C)C)c2Br)CC1. The molecule has 0 aliphatic heterocycles. The third kappa shape index (κ3) is 10.6. The van der Waals surface area contributed by atoms with Crippen LogP contribution < -0.4 is 4.90 Å². The maximum absolute atomic E-state index is 12.1. The molecule has 3 heterocycles. The lowest BCUT2D eigenvalue weighted by Crippen LogP contribution is -2.37. The number of carbonyl (C=O) groups is 1. The molecule has 276 valence electrons. The van der Waals surface area contributed by atoms with Crippen LogP contribution in [-0.4, -0.2) is 86.2 Å². The van der Waals surface area contributed by atoms with Gasteiger partial charge in [-0.2, -0.15) is 9.61 Å². The normalized spacial score (nSPS) is 18.3. The van der Waals surface area contributed by atoms with E-state index in [2.05, 4.69) is 78.3 Å². The molecule has 0 bridgehead atoms. The van der Waals surface area contributed by atoms with Gasteiger partial charge in [-0.25, -0.2) is 4.98 Å². The number of carbonyl (C=O) groups excluding carboxylic acids is 1. The second-order valence-electron chi connectivity index (χ2n) is 16.2. The van der Waals surface area contributed by atoms with Crippen molar-refractivity contribution in [1.29, 1.82) is 0 Å². The summed E-state index contributed by atoms with van der Waals surface area (Å²) >= 11 is 3.99. The van der Waals surface area contributed by atoms with Gasteiger partial charge in [0.1, 0.15) is 13.5 Å². The van der Waals surface area contributed by atoms with E-state index in [1.165, 1.54) is 7.11 Å². The van der Waals surface area contributed by atoms with Gasteiger partial charge in [-0.1, -0.05) is 75.7 Å². The second-order valence-corrected chi connectivity index (χ2v) is 28.2. The number of rotatable bonds is 16. The van der Waals surface area contributed by atoms with Crippen molar-refractivity contribution in [2.45, 2.75) is 95.0 Å². The van der Waals surface area contributed by atoms with Gasteiger partial charge in [-0.05, 0) is 59.8 Å². The number of fused-ring (bicyclic) bond motifs is 1. The number of methoxy groups -OCH3 is 1. The Hall–Kier alpha value is -2.95. The Bertz CT molecular complexity index is 1730. The van der Waals surface area contributed by atoms with Crippen molar-refractivity contribution in [2.75, 3.05) is 38.7 Å². The van der Waals surface area contributed by atoms with Gasteiger partial charge >= 0.3 is 5.97 Å². The first-order chi connectivity index (χ1) is 24.2. The van der Waals surface area contributed by atoms with Crippen LogP contribution in [0.25, 0.3) is 28.0 Å². The number of hydrogen-bond acceptors (Lipinski definition) is 9. The number of aromatic nitrogens is 4. The second kappa shape index (κ2) is 16.8. The first-order valence-corrected chi connectivity index (χ1v) is 26.2. The van der Waals surface area contributed by atoms with Crippen molar-refractivity contribution in [3.8, 4) is 22.4 Å². The number of ether oxygens (including phenoxy) is 3. The van der Waals surface area contributed by atoms with Crippen LogP contribution in [0.4, 0.5) is 5.82 Å². The average Bonchev–Trinajstić information content (AvgIpc) is 3.51. The molecule has 1 aliphatic carbocycles. The molecule has 0 spiro atoms. The fraction of sp³-hybridized carbons (Fsp3) is 0.526. The first kappa shape index (κ1) is 39.3. The summed E-state index contributed by atoms with van der Waals surface area (Å²) < 4.78 is 20.3. The maximum Gasteiger partial charge on any atom is 0.308 e. The predicted octanol–water partition coefficient (Wildman–Crippen LogP) is 8.60. The summed E-state index contributed by atoms with van der Waals surface area (Å²) in [6, 6.07) is 16.3.